The zero-order chi connectivity index (χ0) is 12.1. The second kappa shape index (κ2) is 6.21. The fraction of sp³-hybridized carbons (Fsp3) is 0.500. The van der Waals surface area contributed by atoms with Gasteiger partial charge < -0.3 is 10.1 Å². The van der Waals surface area contributed by atoms with E-state index in [2.05, 4.69) is 28.2 Å². The summed E-state index contributed by atoms with van der Waals surface area (Å²) in [5, 5.41) is 3.34. The number of hydrogen-bond acceptors (Lipinski definition) is 2. The van der Waals surface area contributed by atoms with Crippen LogP contribution in [0.3, 0.4) is 0 Å². The van der Waals surface area contributed by atoms with Crippen LogP contribution in [0.5, 0.6) is 0 Å². The number of halogens is 2. The minimum Gasteiger partial charge on any atom is -0.385 e. The van der Waals surface area contributed by atoms with Crippen molar-refractivity contribution in [1.29, 1.82) is 0 Å². The highest BCUT2D eigenvalue weighted by Crippen LogP contribution is 2.24. The summed E-state index contributed by atoms with van der Waals surface area (Å²) in [5.41, 5.74) is 1.86. The minimum absolute atomic E-state index is 0.229. The van der Waals surface area contributed by atoms with E-state index < -0.39 is 0 Å². The van der Waals surface area contributed by atoms with Gasteiger partial charge in [-0.05, 0) is 53.9 Å². The van der Waals surface area contributed by atoms with E-state index in [0.29, 0.717) is 10.5 Å². The number of rotatable bonds is 5. The summed E-state index contributed by atoms with van der Waals surface area (Å²) in [7, 11) is 1.69. The summed E-state index contributed by atoms with van der Waals surface area (Å²) in [5.74, 6) is -0.229. The SMILES string of the molecule is COCCC(C)Nc1cc(Br)c(F)cc1C. The van der Waals surface area contributed by atoms with Gasteiger partial charge in [-0.3, -0.25) is 0 Å². The van der Waals surface area contributed by atoms with Gasteiger partial charge >= 0.3 is 0 Å². The largest absolute Gasteiger partial charge is 0.385 e. The van der Waals surface area contributed by atoms with E-state index in [0.717, 1.165) is 24.3 Å². The van der Waals surface area contributed by atoms with Gasteiger partial charge in [-0.2, -0.15) is 0 Å². The first-order valence-electron chi connectivity index (χ1n) is 5.25. The Morgan fingerprint density at radius 3 is 2.81 bits per heavy atom. The first-order valence-corrected chi connectivity index (χ1v) is 6.05. The Morgan fingerprint density at radius 1 is 1.50 bits per heavy atom. The van der Waals surface area contributed by atoms with Crippen LogP contribution in [0.2, 0.25) is 0 Å². The topological polar surface area (TPSA) is 21.3 Å². The second-order valence-electron chi connectivity index (χ2n) is 3.91. The normalized spacial score (nSPS) is 12.6. The molecule has 0 radical (unpaired) electrons. The van der Waals surface area contributed by atoms with Crippen molar-refractivity contribution in [3.8, 4) is 0 Å². The van der Waals surface area contributed by atoms with Gasteiger partial charge in [-0.1, -0.05) is 0 Å². The van der Waals surface area contributed by atoms with Crippen LogP contribution < -0.4 is 5.32 Å². The summed E-state index contributed by atoms with van der Waals surface area (Å²) in [6.45, 7) is 4.69. The maximum absolute atomic E-state index is 13.2. The predicted octanol–water partition coefficient (Wildman–Crippen LogP) is 3.73. The van der Waals surface area contributed by atoms with Crippen molar-refractivity contribution in [1.82, 2.24) is 0 Å². The van der Waals surface area contributed by atoms with Crippen molar-refractivity contribution in [3.63, 3.8) is 0 Å². The molecule has 0 heterocycles. The fourth-order valence-electron chi connectivity index (χ4n) is 1.43. The second-order valence-corrected chi connectivity index (χ2v) is 4.76. The molecule has 0 spiro atoms. The van der Waals surface area contributed by atoms with Crippen LogP contribution in [0, 0.1) is 12.7 Å². The van der Waals surface area contributed by atoms with E-state index >= 15 is 0 Å². The lowest BCUT2D eigenvalue weighted by Crippen LogP contribution is -2.17. The number of methoxy groups -OCH3 is 1. The van der Waals surface area contributed by atoms with Crippen LogP contribution in [0.25, 0.3) is 0 Å². The van der Waals surface area contributed by atoms with Gasteiger partial charge in [-0.25, -0.2) is 4.39 Å². The van der Waals surface area contributed by atoms with Gasteiger partial charge in [0.1, 0.15) is 5.82 Å². The Bertz CT molecular complexity index is 357. The van der Waals surface area contributed by atoms with Crippen molar-refractivity contribution in [2.75, 3.05) is 19.0 Å². The number of nitrogens with one attached hydrogen (secondary N) is 1. The molecule has 0 aliphatic carbocycles. The maximum Gasteiger partial charge on any atom is 0.137 e. The summed E-state index contributed by atoms with van der Waals surface area (Å²) < 4.78 is 18.7. The smallest absolute Gasteiger partial charge is 0.137 e. The number of benzene rings is 1. The molecular weight excluding hydrogens is 273 g/mol. The maximum atomic E-state index is 13.2. The molecule has 0 bridgehead atoms. The number of ether oxygens (including phenoxy) is 1. The number of hydrogen-bond donors (Lipinski definition) is 1. The summed E-state index contributed by atoms with van der Waals surface area (Å²) >= 11 is 3.18. The highest BCUT2D eigenvalue weighted by Gasteiger charge is 2.07. The summed E-state index contributed by atoms with van der Waals surface area (Å²) in [6, 6.07) is 3.60. The average Bonchev–Trinajstić information content (AvgIpc) is 2.23. The van der Waals surface area contributed by atoms with Crippen LogP contribution in [0.4, 0.5) is 10.1 Å². The fourth-order valence-corrected chi connectivity index (χ4v) is 1.78. The van der Waals surface area contributed by atoms with Gasteiger partial charge in [0.15, 0.2) is 0 Å². The van der Waals surface area contributed by atoms with Crippen molar-refractivity contribution >= 4 is 21.6 Å². The lowest BCUT2D eigenvalue weighted by Gasteiger charge is -2.17. The van der Waals surface area contributed by atoms with E-state index in [1.807, 2.05) is 6.92 Å². The molecule has 90 valence electrons. The van der Waals surface area contributed by atoms with E-state index in [4.69, 9.17) is 4.74 Å². The van der Waals surface area contributed by atoms with Gasteiger partial charge in [0.2, 0.25) is 0 Å². The Labute approximate surface area is 104 Å². The van der Waals surface area contributed by atoms with Crippen LogP contribution in [-0.2, 0) is 4.74 Å². The zero-order valence-corrected chi connectivity index (χ0v) is 11.4. The third kappa shape index (κ3) is 3.76. The third-order valence-electron chi connectivity index (χ3n) is 2.42. The molecular formula is C12H17BrFNO. The lowest BCUT2D eigenvalue weighted by molar-refractivity contribution is 0.191. The zero-order valence-electron chi connectivity index (χ0n) is 9.81. The summed E-state index contributed by atoms with van der Waals surface area (Å²) in [6.07, 6.45) is 0.922. The molecule has 1 aromatic rings. The van der Waals surface area contributed by atoms with Crippen molar-refractivity contribution in [3.05, 3.63) is 28.0 Å². The quantitative estimate of drug-likeness (QED) is 0.892. The van der Waals surface area contributed by atoms with Gasteiger partial charge in [0.25, 0.3) is 0 Å². The van der Waals surface area contributed by atoms with Gasteiger partial charge in [0.05, 0.1) is 4.47 Å². The first kappa shape index (κ1) is 13.5. The molecule has 1 atom stereocenters. The Balaban J connectivity index is 2.69. The monoisotopic (exact) mass is 289 g/mol. The molecule has 0 saturated carbocycles. The van der Waals surface area contributed by atoms with Gasteiger partial charge in [-0.15, -0.1) is 0 Å². The van der Waals surface area contributed by atoms with Crippen LogP contribution in [0.15, 0.2) is 16.6 Å². The van der Waals surface area contributed by atoms with Crippen LogP contribution in [-0.4, -0.2) is 19.8 Å². The Morgan fingerprint density at radius 2 is 2.19 bits per heavy atom. The van der Waals surface area contributed by atoms with Crippen molar-refractivity contribution < 1.29 is 9.13 Å². The van der Waals surface area contributed by atoms with E-state index in [1.165, 1.54) is 6.07 Å². The Hall–Kier alpha value is -0.610. The highest BCUT2D eigenvalue weighted by atomic mass is 79.9. The minimum atomic E-state index is -0.229. The number of aryl methyl sites for hydroxylation is 1. The molecule has 0 aliphatic heterocycles. The standard InChI is InChI=1S/C12H17BrFNO/c1-8-6-11(14)10(13)7-12(8)15-9(2)4-5-16-3/h6-7,9,15H,4-5H2,1-3H3. The molecule has 1 rings (SSSR count). The molecule has 1 N–H and O–H groups in total. The molecule has 1 aromatic carbocycles. The lowest BCUT2D eigenvalue weighted by atomic mass is 10.1. The molecule has 0 aliphatic rings. The molecule has 0 fully saturated rings. The predicted molar refractivity (Wildman–Crippen MR) is 68.4 cm³/mol. The summed E-state index contributed by atoms with van der Waals surface area (Å²) in [4.78, 5) is 0. The highest BCUT2D eigenvalue weighted by molar-refractivity contribution is 9.10. The molecule has 4 heteroatoms. The first-order chi connectivity index (χ1) is 7.54. The molecule has 16 heavy (non-hydrogen) atoms. The Kier molecular flexibility index (Phi) is 5.22. The van der Waals surface area contributed by atoms with Crippen molar-refractivity contribution in [2.24, 2.45) is 0 Å². The van der Waals surface area contributed by atoms with E-state index in [1.54, 1.807) is 13.2 Å². The molecule has 0 saturated heterocycles. The third-order valence-corrected chi connectivity index (χ3v) is 3.03. The van der Waals surface area contributed by atoms with E-state index in [9.17, 15) is 4.39 Å². The van der Waals surface area contributed by atoms with Crippen LogP contribution in [0.1, 0.15) is 18.9 Å². The molecule has 1 unspecified atom stereocenters. The number of anilines is 1. The van der Waals surface area contributed by atoms with Crippen LogP contribution >= 0.6 is 15.9 Å². The van der Waals surface area contributed by atoms with E-state index in [-0.39, 0.29) is 5.82 Å². The van der Waals surface area contributed by atoms with Crippen molar-refractivity contribution in [2.45, 2.75) is 26.3 Å². The average molecular weight is 290 g/mol. The van der Waals surface area contributed by atoms with Gasteiger partial charge in [0, 0.05) is 25.4 Å². The molecule has 0 amide bonds. The molecule has 0 aromatic heterocycles. The molecule has 2 nitrogen and oxygen atoms in total.